The third-order valence-corrected chi connectivity index (χ3v) is 3.22. The molecule has 2 aromatic rings. The summed E-state index contributed by atoms with van der Waals surface area (Å²) in [6.45, 7) is 0. The molecule has 0 fully saturated rings. The Morgan fingerprint density at radius 1 is 0.957 bits per heavy atom. The molecule has 0 aliphatic carbocycles. The van der Waals surface area contributed by atoms with Crippen molar-refractivity contribution in [2.45, 2.75) is 0 Å². The maximum atomic E-state index is 12.1. The molecule has 0 atom stereocenters. The molecule has 0 heterocycles. The first-order valence-electron chi connectivity index (χ1n) is 7.02. The summed E-state index contributed by atoms with van der Waals surface area (Å²) in [4.78, 5) is 12.1. The predicted octanol–water partition coefficient (Wildman–Crippen LogP) is 3.36. The van der Waals surface area contributed by atoms with Gasteiger partial charge in [-0.2, -0.15) is 0 Å². The number of carbonyl (C=O) groups is 1. The number of rotatable bonds is 6. The van der Waals surface area contributed by atoms with E-state index in [1.54, 1.807) is 51.7 Å². The zero-order chi connectivity index (χ0) is 16.7. The highest BCUT2D eigenvalue weighted by atomic mass is 16.5. The first kappa shape index (κ1) is 16.4. The Morgan fingerprint density at radius 2 is 1.70 bits per heavy atom. The molecular formula is C18H19NO4. The molecule has 2 rings (SSSR count). The fourth-order valence-corrected chi connectivity index (χ4v) is 2.04. The number of para-hydroxylation sites is 2. The Kier molecular flexibility index (Phi) is 5.63. The fourth-order valence-electron chi connectivity index (χ4n) is 2.04. The van der Waals surface area contributed by atoms with Crippen LogP contribution in [0.2, 0.25) is 0 Å². The van der Waals surface area contributed by atoms with Crippen molar-refractivity contribution >= 4 is 17.7 Å². The van der Waals surface area contributed by atoms with E-state index in [9.17, 15) is 4.79 Å². The number of methoxy groups -OCH3 is 3. The lowest BCUT2D eigenvalue weighted by Gasteiger charge is -2.08. The van der Waals surface area contributed by atoms with E-state index in [0.717, 1.165) is 5.56 Å². The van der Waals surface area contributed by atoms with Crippen molar-refractivity contribution in [3.8, 4) is 17.2 Å². The molecule has 1 amide bonds. The lowest BCUT2D eigenvalue weighted by atomic mass is 10.1. The largest absolute Gasteiger partial charge is 0.497 e. The maximum absolute atomic E-state index is 12.1. The van der Waals surface area contributed by atoms with Crippen molar-refractivity contribution in [1.82, 2.24) is 0 Å². The number of benzene rings is 2. The number of hydrogen-bond donors (Lipinski definition) is 1. The molecular weight excluding hydrogens is 294 g/mol. The maximum Gasteiger partial charge on any atom is 0.248 e. The topological polar surface area (TPSA) is 56.8 Å². The van der Waals surface area contributed by atoms with Gasteiger partial charge in [0.05, 0.1) is 27.0 Å². The third kappa shape index (κ3) is 4.26. The van der Waals surface area contributed by atoms with Crippen LogP contribution in [0.1, 0.15) is 5.56 Å². The van der Waals surface area contributed by atoms with Crippen LogP contribution in [0.4, 0.5) is 5.69 Å². The van der Waals surface area contributed by atoms with Crippen molar-refractivity contribution in [3.05, 3.63) is 54.1 Å². The molecule has 0 bridgehead atoms. The monoisotopic (exact) mass is 313 g/mol. The molecule has 0 aliphatic rings. The minimum atomic E-state index is -0.257. The van der Waals surface area contributed by atoms with Crippen LogP contribution in [0.15, 0.2) is 48.5 Å². The number of ether oxygens (including phenoxy) is 3. The van der Waals surface area contributed by atoms with E-state index >= 15 is 0 Å². The third-order valence-electron chi connectivity index (χ3n) is 3.22. The smallest absolute Gasteiger partial charge is 0.248 e. The summed E-state index contributed by atoms with van der Waals surface area (Å²) in [5, 5.41) is 2.78. The van der Waals surface area contributed by atoms with E-state index in [1.165, 1.54) is 6.08 Å². The molecule has 0 saturated heterocycles. The molecule has 0 aliphatic heterocycles. The lowest BCUT2D eigenvalue weighted by molar-refractivity contribution is -0.111. The van der Waals surface area contributed by atoms with Gasteiger partial charge in [0.2, 0.25) is 5.91 Å². The summed E-state index contributed by atoms with van der Waals surface area (Å²) in [6, 6.07) is 12.6. The highest BCUT2D eigenvalue weighted by molar-refractivity contribution is 6.02. The van der Waals surface area contributed by atoms with E-state index < -0.39 is 0 Å². The quantitative estimate of drug-likeness (QED) is 0.831. The molecule has 5 heteroatoms. The Hall–Kier alpha value is -2.95. The van der Waals surface area contributed by atoms with E-state index in [0.29, 0.717) is 22.9 Å². The first-order valence-corrected chi connectivity index (χ1v) is 7.02. The van der Waals surface area contributed by atoms with Crippen molar-refractivity contribution in [1.29, 1.82) is 0 Å². The fraction of sp³-hybridized carbons (Fsp3) is 0.167. The van der Waals surface area contributed by atoms with Crippen molar-refractivity contribution in [2.75, 3.05) is 26.6 Å². The standard InChI is InChI=1S/C18H19NO4/c1-21-14-10-8-13(17(12-14)23-3)9-11-18(20)19-15-6-4-5-7-16(15)22-2/h4-12H,1-3H3,(H,19,20)/b11-9+. The van der Waals surface area contributed by atoms with E-state index in [1.807, 2.05) is 18.2 Å². The molecule has 2 aromatic carbocycles. The molecule has 0 spiro atoms. The summed E-state index contributed by atoms with van der Waals surface area (Å²) >= 11 is 0. The molecule has 5 nitrogen and oxygen atoms in total. The van der Waals surface area contributed by atoms with Crippen LogP contribution in [0.3, 0.4) is 0 Å². The summed E-state index contributed by atoms with van der Waals surface area (Å²) in [7, 11) is 4.72. The molecule has 0 saturated carbocycles. The van der Waals surface area contributed by atoms with Crippen LogP contribution < -0.4 is 19.5 Å². The molecule has 120 valence electrons. The van der Waals surface area contributed by atoms with Crippen LogP contribution in [-0.4, -0.2) is 27.2 Å². The molecule has 0 aromatic heterocycles. The second-order valence-electron chi connectivity index (χ2n) is 4.63. The Labute approximate surface area is 135 Å². The number of nitrogens with one attached hydrogen (secondary N) is 1. The molecule has 1 N–H and O–H groups in total. The van der Waals surface area contributed by atoms with E-state index in [-0.39, 0.29) is 5.91 Å². The van der Waals surface area contributed by atoms with Gasteiger partial charge in [-0.05, 0) is 30.3 Å². The minimum Gasteiger partial charge on any atom is -0.497 e. The summed E-state index contributed by atoms with van der Waals surface area (Å²) in [5.74, 6) is 1.67. The first-order chi connectivity index (χ1) is 11.2. The van der Waals surface area contributed by atoms with Crippen LogP contribution >= 0.6 is 0 Å². The summed E-state index contributed by atoms with van der Waals surface area (Å²) in [6.07, 6.45) is 3.12. The molecule has 23 heavy (non-hydrogen) atoms. The van der Waals surface area contributed by atoms with Crippen LogP contribution in [0.5, 0.6) is 17.2 Å². The SMILES string of the molecule is COc1ccc(/C=C/C(=O)Nc2ccccc2OC)c(OC)c1. The lowest BCUT2D eigenvalue weighted by Crippen LogP contribution is -2.08. The van der Waals surface area contributed by atoms with Crippen molar-refractivity contribution in [2.24, 2.45) is 0 Å². The van der Waals surface area contributed by atoms with Gasteiger partial charge in [0.1, 0.15) is 17.2 Å². The van der Waals surface area contributed by atoms with Crippen molar-refractivity contribution in [3.63, 3.8) is 0 Å². The number of amides is 1. The van der Waals surface area contributed by atoms with Gasteiger partial charge in [0.15, 0.2) is 0 Å². The summed E-state index contributed by atoms with van der Waals surface area (Å²) in [5.41, 5.74) is 1.40. The van der Waals surface area contributed by atoms with Crippen LogP contribution in [0.25, 0.3) is 6.08 Å². The second kappa shape index (κ2) is 7.89. The van der Waals surface area contributed by atoms with Crippen molar-refractivity contribution < 1.29 is 19.0 Å². The number of hydrogen-bond acceptors (Lipinski definition) is 4. The zero-order valence-electron chi connectivity index (χ0n) is 13.3. The van der Waals surface area contributed by atoms with Gasteiger partial charge in [-0.25, -0.2) is 0 Å². The van der Waals surface area contributed by atoms with Gasteiger partial charge in [-0.3, -0.25) is 4.79 Å². The number of anilines is 1. The van der Waals surface area contributed by atoms with Gasteiger partial charge in [0, 0.05) is 17.7 Å². The van der Waals surface area contributed by atoms with Gasteiger partial charge >= 0.3 is 0 Å². The highest BCUT2D eigenvalue weighted by Gasteiger charge is 2.05. The Balaban J connectivity index is 2.12. The molecule has 0 radical (unpaired) electrons. The average Bonchev–Trinajstić information content (AvgIpc) is 2.60. The van der Waals surface area contributed by atoms with Gasteiger partial charge in [-0.1, -0.05) is 12.1 Å². The van der Waals surface area contributed by atoms with Crippen LogP contribution in [-0.2, 0) is 4.79 Å². The predicted molar refractivity (Wildman–Crippen MR) is 90.2 cm³/mol. The van der Waals surface area contributed by atoms with Gasteiger partial charge < -0.3 is 19.5 Å². The minimum absolute atomic E-state index is 0.257. The van der Waals surface area contributed by atoms with E-state index in [4.69, 9.17) is 14.2 Å². The summed E-state index contributed by atoms with van der Waals surface area (Å²) < 4.78 is 15.6. The van der Waals surface area contributed by atoms with Crippen LogP contribution in [0, 0.1) is 0 Å². The average molecular weight is 313 g/mol. The van der Waals surface area contributed by atoms with Gasteiger partial charge in [0.25, 0.3) is 0 Å². The highest BCUT2D eigenvalue weighted by Crippen LogP contribution is 2.26. The number of carbonyl (C=O) groups excluding carboxylic acids is 1. The second-order valence-corrected chi connectivity index (χ2v) is 4.63. The van der Waals surface area contributed by atoms with E-state index in [2.05, 4.69) is 5.32 Å². The normalized spacial score (nSPS) is 10.4. The zero-order valence-corrected chi connectivity index (χ0v) is 13.3. The Bertz CT molecular complexity index is 710. The van der Waals surface area contributed by atoms with Gasteiger partial charge in [-0.15, -0.1) is 0 Å². The Morgan fingerprint density at radius 3 is 2.39 bits per heavy atom. The molecule has 0 unspecified atom stereocenters.